The number of hydrogen-bond acceptors (Lipinski definition) is 4. The predicted molar refractivity (Wildman–Crippen MR) is 293 cm³/mol. The Morgan fingerprint density at radius 3 is 1.32 bits per heavy atom. The predicted octanol–water partition coefficient (Wildman–Crippen LogP) is 16.8. The third-order valence-corrected chi connectivity index (χ3v) is 29.8. The Hall–Kier alpha value is -7.46. The molecule has 10 aromatic carbocycles. The van der Waals surface area contributed by atoms with Crippen LogP contribution in [0.4, 0.5) is 51.2 Å². The van der Waals surface area contributed by atoms with Gasteiger partial charge < -0.3 is 0 Å². The number of para-hydroxylation sites is 4. The minimum atomic E-state index is -3.91. The van der Waals surface area contributed by atoms with E-state index >= 15 is 0 Å². The molecular formula is C61H39GeN3OP2. The quantitative estimate of drug-likeness (QED) is 0.164. The van der Waals surface area contributed by atoms with Crippen LogP contribution in [0, 0.1) is 0 Å². The van der Waals surface area contributed by atoms with Crippen LogP contribution in [-0.2, 0) is 0 Å². The SMILES string of the molecule is [CH3][Ge]12[c]3c4ccc5c3N(c3ccccc3N5c3ccccc3)c3[c]1c(cc1c5ccccc5p(-c5ccccc5)c31)Oc1cc3c5ccccc5p(-c5ccccc5)c3c([c]12)N4c1ccccc1. The molecule has 0 bridgehead atoms. The van der Waals surface area contributed by atoms with Gasteiger partial charge in [0.1, 0.15) is 0 Å². The van der Waals surface area contributed by atoms with Gasteiger partial charge >= 0.3 is 400 Å². The number of anilines is 9. The van der Waals surface area contributed by atoms with Crippen molar-refractivity contribution in [1.82, 2.24) is 0 Å². The molecule has 318 valence electrons. The molecule has 12 aromatic rings. The van der Waals surface area contributed by atoms with Crippen LogP contribution in [0.15, 0.2) is 218 Å². The van der Waals surface area contributed by atoms with Gasteiger partial charge in [0, 0.05) is 0 Å². The maximum absolute atomic E-state index is 7.78. The Morgan fingerprint density at radius 1 is 0.353 bits per heavy atom. The summed E-state index contributed by atoms with van der Waals surface area (Å²) in [6, 6.07) is 82.2. The van der Waals surface area contributed by atoms with Crippen LogP contribution in [0.1, 0.15) is 0 Å². The average molecular weight is 965 g/mol. The molecule has 6 heterocycles. The van der Waals surface area contributed by atoms with Crippen LogP contribution >= 0.6 is 15.1 Å². The molecule has 0 aliphatic carbocycles. The molecule has 0 radical (unpaired) electrons. The van der Waals surface area contributed by atoms with Crippen LogP contribution in [-0.4, -0.2) is 13.3 Å². The second-order valence-electron chi connectivity index (χ2n) is 18.6. The summed E-state index contributed by atoms with van der Waals surface area (Å²) in [7, 11) is -1.86. The molecule has 0 fully saturated rings. The fourth-order valence-corrected chi connectivity index (χ4v) is 28.8. The maximum atomic E-state index is 7.78. The van der Waals surface area contributed by atoms with Gasteiger partial charge in [-0.3, -0.25) is 0 Å². The summed E-state index contributed by atoms with van der Waals surface area (Å²) < 4.78 is 12.1. The Kier molecular flexibility index (Phi) is 7.52. The Morgan fingerprint density at radius 2 is 0.779 bits per heavy atom. The van der Waals surface area contributed by atoms with Gasteiger partial charge in [-0.15, -0.1) is 0 Å². The molecule has 3 unspecified atom stereocenters. The van der Waals surface area contributed by atoms with Gasteiger partial charge in [0.25, 0.3) is 0 Å². The number of hydrogen-bond donors (Lipinski definition) is 0. The molecule has 0 amide bonds. The first kappa shape index (κ1) is 37.6. The molecule has 3 atom stereocenters. The molecule has 0 N–H and O–H groups in total. The summed E-state index contributed by atoms with van der Waals surface area (Å²) in [6.45, 7) is 0. The van der Waals surface area contributed by atoms with E-state index in [1.807, 2.05) is 0 Å². The molecule has 4 aliphatic rings. The van der Waals surface area contributed by atoms with Crippen LogP contribution in [0.5, 0.6) is 11.5 Å². The van der Waals surface area contributed by atoms with Crippen molar-refractivity contribution in [2.45, 2.75) is 5.76 Å². The van der Waals surface area contributed by atoms with Gasteiger partial charge in [0.15, 0.2) is 0 Å². The normalized spacial score (nSPS) is 16.3. The number of benzene rings is 10. The first-order chi connectivity index (χ1) is 33.7. The van der Waals surface area contributed by atoms with Crippen LogP contribution < -0.4 is 32.6 Å². The number of fused-ring (bicyclic) bond motifs is 11. The Bertz CT molecular complexity index is 4130. The van der Waals surface area contributed by atoms with Gasteiger partial charge in [-0.1, -0.05) is 0 Å². The molecule has 4 nitrogen and oxygen atoms in total. The standard InChI is InChI=1S/C61H39GeN3OP2/c1-62-54-48-34-35-49-57(54)65(47-31-17-16-30-46(47)63(49)38-20-6-2-7-21-38)59-56(62)51(37-45-43-29-15-19-33-53(43)68(61(45)59)41-26-12-5-13-27-41)66-50-36-44-42-28-14-18-32-52(42)67(40-24-10-4-11-25-40)60(44)58(55(50)62)64(48)39-22-8-3-9-23-39/h2-37H,1H3. The third-order valence-electron chi connectivity index (χ3n) is 15.2. The first-order valence-electron chi connectivity index (χ1n) is 23.5. The molecular weight excluding hydrogens is 925 g/mol. The number of rotatable bonds is 4. The van der Waals surface area contributed by atoms with Crippen molar-refractivity contribution in [2.24, 2.45) is 0 Å². The van der Waals surface area contributed by atoms with Crippen LogP contribution in [0.3, 0.4) is 0 Å². The van der Waals surface area contributed by atoms with E-state index in [1.165, 1.54) is 111 Å². The Balaban J connectivity index is 1.16. The molecule has 0 saturated heterocycles. The van der Waals surface area contributed by atoms with E-state index in [-0.39, 0.29) is 0 Å². The third kappa shape index (κ3) is 4.63. The van der Waals surface area contributed by atoms with E-state index in [0.717, 1.165) is 17.2 Å². The molecule has 4 aliphatic heterocycles. The van der Waals surface area contributed by atoms with Crippen molar-refractivity contribution in [3.05, 3.63) is 218 Å². The van der Waals surface area contributed by atoms with Gasteiger partial charge in [-0.25, -0.2) is 0 Å². The van der Waals surface area contributed by atoms with Crippen LogP contribution in [0.25, 0.3) is 52.6 Å². The zero-order chi connectivity index (χ0) is 44.4. The molecule has 0 spiro atoms. The monoisotopic (exact) mass is 965 g/mol. The number of ether oxygens (including phenoxy) is 1. The van der Waals surface area contributed by atoms with Crippen LogP contribution in [0.2, 0.25) is 5.76 Å². The molecule has 7 heteroatoms. The van der Waals surface area contributed by atoms with E-state index in [2.05, 4.69) is 239 Å². The number of nitrogens with zero attached hydrogens (tertiary/aromatic N) is 3. The average Bonchev–Trinajstić information content (AvgIpc) is 3.91. The topological polar surface area (TPSA) is 19.0 Å². The van der Waals surface area contributed by atoms with Crippen molar-refractivity contribution in [3.63, 3.8) is 0 Å². The second-order valence-corrected chi connectivity index (χ2v) is 30.7. The zero-order valence-electron chi connectivity index (χ0n) is 36.9. The molecule has 68 heavy (non-hydrogen) atoms. The second kappa shape index (κ2) is 13.6. The van der Waals surface area contributed by atoms with E-state index in [9.17, 15) is 0 Å². The van der Waals surface area contributed by atoms with Gasteiger partial charge in [0.2, 0.25) is 0 Å². The van der Waals surface area contributed by atoms with Gasteiger partial charge in [0.05, 0.1) is 0 Å². The van der Waals surface area contributed by atoms with Crippen molar-refractivity contribution in [2.75, 3.05) is 14.7 Å². The summed E-state index contributed by atoms with van der Waals surface area (Å²) in [5, 5.41) is 13.7. The van der Waals surface area contributed by atoms with Crippen molar-refractivity contribution < 1.29 is 4.74 Å². The van der Waals surface area contributed by atoms with Crippen molar-refractivity contribution in [3.8, 4) is 22.1 Å². The minimum absolute atomic E-state index is 0.923. The summed E-state index contributed by atoms with van der Waals surface area (Å²) in [5.74, 6) is 4.77. The van der Waals surface area contributed by atoms with E-state index in [0.29, 0.717) is 0 Å². The summed E-state index contributed by atoms with van der Waals surface area (Å²) in [4.78, 5) is 7.92. The van der Waals surface area contributed by atoms with Gasteiger partial charge in [-0.05, 0) is 0 Å². The first-order valence-corrected chi connectivity index (χ1v) is 31.4. The Labute approximate surface area is 398 Å². The molecule has 2 aromatic heterocycles. The fourth-order valence-electron chi connectivity index (χ4n) is 12.7. The van der Waals surface area contributed by atoms with Gasteiger partial charge in [-0.2, -0.15) is 0 Å². The summed E-state index contributed by atoms with van der Waals surface area (Å²) in [6.07, 6.45) is 0. The van der Waals surface area contributed by atoms with E-state index in [4.69, 9.17) is 4.74 Å². The summed E-state index contributed by atoms with van der Waals surface area (Å²) >= 11 is -3.91. The van der Waals surface area contributed by atoms with Crippen molar-refractivity contribution in [1.29, 1.82) is 0 Å². The molecule has 0 saturated carbocycles. The fraction of sp³-hybridized carbons (Fsp3) is 0.0164. The molecule has 16 rings (SSSR count). The zero-order valence-corrected chi connectivity index (χ0v) is 40.8. The van der Waals surface area contributed by atoms with E-state index < -0.39 is 28.3 Å². The van der Waals surface area contributed by atoms with Crippen molar-refractivity contribution >= 4 is 135 Å². The van der Waals surface area contributed by atoms with E-state index in [1.54, 1.807) is 0 Å². The summed E-state index contributed by atoms with van der Waals surface area (Å²) in [5.41, 5.74) is 11.2.